The van der Waals surface area contributed by atoms with Crippen LogP contribution in [0.25, 0.3) is 0 Å². The van der Waals surface area contributed by atoms with Crippen LogP contribution in [0.4, 0.5) is 0 Å². The second-order valence-corrected chi connectivity index (χ2v) is 5.97. The van der Waals surface area contributed by atoms with Crippen LogP contribution in [-0.2, 0) is 0 Å². The quantitative estimate of drug-likeness (QED) is 0.411. The molecule has 2 rings (SSSR count). The molecule has 1 atom stereocenters. The minimum atomic E-state index is 0. The standard InChI is InChI=1S/C14H29N5.HI/c1-12(19-8-6-18(3)7-9-19)10-16-14(15-2)17-11-13-4-5-13;/h12-13H,4-11H2,1-3H3,(H2,15,16,17);1H. The van der Waals surface area contributed by atoms with Crippen molar-refractivity contribution in [3.8, 4) is 0 Å². The number of guanidine groups is 1. The highest BCUT2D eigenvalue weighted by molar-refractivity contribution is 14.0. The first-order valence-electron chi connectivity index (χ1n) is 7.56. The molecule has 118 valence electrons. The third-order valence-electron chi connectivity index (χ3n) is 4.20. The van der Waals surface area contributed by atoms with E-state index in [0.29, 0.717) is 6.04 Å². The smallest absolute Gasteiger partial charge is 0.191 e. The summed E-state index contributed by atoms with van der Waals surface area (Å²) in [5, 5.41) is 6.85. The molecule has 1 saturated carbocycles. The van der Waals surface area contributed by atoms with E-state index in [0.717, 1.165) is 25.0 Å². The van der Waals surface area contributed by atoms with Crippen molar-refractivity contribution in [2.75, 3.05) is 53.4 Å². The van der Waals surface area contributed by atoms with E-state index >= 15 is 0 Å². The van der Waals surface area contributed by atoms with Gasteiger partial charge in [0.1, 0.15) is 0 Å². The Labute approximate surface area is 140 Å². The molecule has 5 nitrogen and oxygen atoms in total. The molecule has 20 heavy (non-hydrogen) atoms. The lowest BCUT2D eigenvalue weighted by Gasteiger charge is -2.36. The number of nitrogens with zero attached hydrogens (tertiary/aromatic N) is 3. The fourth-order valence-corrected chi connectivity index (χ4v) is 2.42. The predicted molar refractivity (Wildman–Crippen MR) is 96.0 cm³/mol. The van der Waals surface area contributed by atoms with E-state index in [9.17, 15) is 0 Å². The number of nitrogens with one attached hydrogen (secondary N) is 2. The van der Waals surface area contributed by atoms with Gasteiger partial charge in [0.05, 0.1) is 0 Å². The van der Waals surface area contributed by atoms with Crippen LogP contribution in [0.3, 0.4) is 0 Å². The molecule has 2 aliphatic rings. The lowest BCUT2D eigenvalue weighted by Crippen LogP contribution is -2.52. The maximum Gasteiger partial charge on any atom is 0.191 e. The van der Waals surface area contributed by atoms with Crippen LogP contribution in [0, 0.1) is 5.92 Å². The number of halogens is 1. The molecule has 6 heteroatoms. The summed E-state index contributed by atoms with van der Waals surface area (Å²) in [7, 11) is 4.05. The van der Waals surface area contributed by atoms with Crippen LogP contribution in [0.15, 0.2) is 4.99 Å². The Hall–Kier alpha value is -0.0800. The van der Waals surface area contributed by atoms with Crippen LogP contribution in [-0.4, -0.2) is 75.2 Å². The average molecular weight is 395 g/mol. The monoisotopic (exact) mass is 395 g/mol. The maximum absolute atomic E-state index is 4.28. The van der Waals surface area contributed by atoms with Crippen molar-refractivity contribution in [1.82, 2.24) is 20.4 Å². The lowest BCUT2D eigenvalue weighted by molar-refractivity contribution is 0.120. The first kappa shape index (κ1) is 18.0. The van der Waals surface area contributed by atoms with Crippen LogP contribution in [0.1, 0.15) is 19.8 Å². The van der Waals surface area contributed by atoms with E-state index in [4.69, 9.17) is 0 Å². The van der Waals surface area contributed by atoms with Gasteiger partial charge in [-0.15, -0.1) is 24.0 Å². The highest BCUT2D eigenvalue weighted by Crippen LogP contribution is 2.27. The SMILES string of the molecule is CN=C(NCC1CC1)NCC(C)N1CCN(C)CC1.I. The van der Waals surface area contributed by atoms with Gasteiger partial charge < -0.3 is 15.5 Å². The molecule has 1 aliphatic heterocycles. The van der Waals surface area contributed by atoms with Gasteiger partial charge in [-0.25, -0.2) is 0 Å². The molecule has 0 spiro atoms. The Morgan fingerprint density at radius 1 is 1.20 bits per heavy atom. The van der Waals surface area contributed by atoms with Crippen molar-refractivity contribution in [3.63, 3.8) is 0 Å². The Morgan fingerprint density at radius 3 is 2.40 bits per heavy atom. The summed E-state index contributed by atoms with van der Waals surface area (Å²) in [4.78, 5) is 9.24. The van der Waals surface area contributed by atoms with Crippen LogP contribution in [0.2, 0.25) is 0 Å². The van der Waals surface area contributed by atoms with Gasteiger partial charge in [0.15, 0.2) is 5.96 Å². The second-order valence-electron chi connectivity index (χ2n) is 5.97. The number of aliphatic imine (C=N–C) groups is 1. The summed E-state index contributed by atoms with van der Waals surface area (Å²) in [5.74, 6) is 1.83. The van der Waals surface area contributed by atoms with Gasteiger partial charge in [-0.1, -0.05) is 0 Å². The van der Waals surface area contributed by atoms with E-state index < -0.39 is 0 Å². The van der Waals surface area contributed by atoms with E-state index in [2.05, 4.69) is 39.4 Å². The number of piperazine rings is 1. The van der Waals surface area contributed by atoms with Crippen molar-refractivity contribution >= 4 is 29.9 Å². The maximum atomic E-state index is 4.28. The number of rotatable bonds is 5. The summed E-state index contributed by atoms with van der Waals surface area (Å²) < 4.78 is 0. The summed E-state index contributed by atoms with van der Waals surface area (Å²) in [6, 6.07) is 0.563. The number of hydrogen-bond acceptors (Lipinski definition) is 3. The Bertz CT molecular complexity index is 298. The third kappa shape index (κ3) is 6.13. The van der Waals surface area contributed by atoms with E-state index in [1.807, 2.05) is 7.05 Å². The Morgan fingerprint density at radius 2 is 1.85 bits per heavy atom. The first-order chi connectivity index (χ1) is 9.19. The van der Waals surface area contributed by atoms with E-state index in [-0.39, 0.29) is 24.0 Å². The zero-order valence-electron chi connectivity index (χ0n) is 13.1. The highest BCUT2D eigenvalue weighted by Gasteiger charge is 2.22. The molecule has 1 saturated heterocycles. The Kier molecular flexibility index (Phi) is 8.13. The fraction of sp³-hybridized carbons (Fsp3) is 0.929. The molecule has 0 bridgehead atoms. The molecule has 1 heterocycles. The van der Waals surface area contributed by atoms with Gasteiger partial charge >= 0.3 is 0 Å². The van der Waals surface area contributed by atoms with Gasteiger partial charge in [-0.05, 0) is 32.7 Å². The molecule has 2 N–H and O–H groups in total. The predicted octanol–water partition coefficient (Wildman–Crippen LogP) is 0.815. The molecule has 1 unspecified atom stereocenters. The Balaban J connectivity index is 0.00000200. The van der Waals surface area contributed by atoms with Crippen LogP contribution >= 0.6 is 24.0 Å². The molecule has 2 fully saturated rings. The van der Waals surface area contributed by atoms with Gasteiger partial charge in [-0.2, -0.15) is 0 Å². The zero-order chi connectivity index (χ0) is 13.7. The first-order valence-corrected chi connectivity index (χ1v) is 7.56. The van der Waals surface area contributed by atoms with Crippen molar-refractivity contribution < 1.29 is 0 Å². The summed E-state index contributed by atoms with van der Waals surface area (Å²) in [6.07, 6.45) is 2.75. The molecule has 0 amide bonds. The van der Waals surface area contributed by atoms with E-state index in [1.165, 1.54) is 39.0 Å². The van der Waals surface area contributed by atoms with Gasteiger partial charge in [0.2, 0.25) is 0 Å². The number of likely N-dealkylation sites (N-methyl/N-ethyl adjacent to an activating group) is 1. The van der Waals surface area contributed by atoms with Crippen molar-refractivity contribution in [2.45, 2.75) is 25.8 Å². The molecule has 1 aliphatic carbocycles. The fourth-order valence-electron chi connectivity index (χ4n) is 2.42. The topological polar surface area (TPSA) is 42.9 Å². The minimum absolute atomic E-state index is 0. The minimum Gasteiger partial charge on any atom is -0.356 e. The van der Waals surface area contributed by atoms with Gasteiger partial charge in [0, 0.05) is 52.4 Å². The third-order valence-corrected chi connectivity index (χ3v) is 4.20. The molecule has 0 aromatic carbocycles. The summed E-state index contributed by atoms with van der Waals surface area (Å²) >= 11 is 0. The largest absolute Gasteiger partial charge is 0.356 e. The second kappa shape index (κ2) is 9.04. The van der Waals surface area contributed by atoms with Crippen molar-refractivity contribution in [1.29, 1.82) is 0 Å². The molecule has 0 radical (unpaired) electrons. The molecular weight excluding hydrogens is 365 g/mol. The average Bonchev–Trinajstić information content (AvgIpc) is 3.23. The van der Waals surface area contributed by atoms with Gasteiger partial charge in [-0.3, -0.25) is 9.89 Å². The zero-order valence-corrected chi connectivity index (χ0v) is 15.4. The van der Waals surface area contributed by atoms with Crippen molar-refractivity contribution in [2.24, 2.45) is 10.9 Å². The normalized spacial score (nSPS) is 23.1. The van der Waals surface area contributed by atoms with Crippen molar-refractivity contribution in [3.05, 3.63) is 0 Å². The van der Waals surface area contributed by atoms with E-state index in [1.54, 1.807) is 0 Å². The molecule has 0 aromatic heterocycles. The molecular formula is C14H30IN5. The van der Waals surface area contributed by atoms with Crippen LogP contribution in [0.5, 0.6) is 0 Å². The number of hydrogen-bond donors (Lipinski definition) is 2. The summed E-state index contributed by atoms with van der Waals surface area (Å²) in [5.41, 5.74) is 0. The summed E-state index contributed by atoms with van der Waals surface area (Å²) in [6.45, 7) is 9.04. The van der Waals surface area contributed by atoms with Crippen LogP contribution < -0.4 is 10.6 Å². The van der Waals surface area contributed by atoms with Gasteiger partial charge in [0.25, 0.3) is 0 Å². The highest BCUT2D eigenvalue weighted by atomic mass is 127. The lowest BCUT2D eigenvalue weighted by atomic mass is 10.2. The molecule has 0 aromatic rings.